The van der Waals surface area contributed by atoms with E-state index < -0.39 is 0 Å². The van der Waals surface area contributed by atoms with Crippen LogP contribution in [0, 0.1) is 6.92 Å². The van der Waals surface area contributed by atoms with Gasteiger partial charge in [0.2, 0.25) is 0 Å². The van der Waals surface area contributed by atoms with Gasteiger partial charge in [-0.3, -0.25) is 4.79 Å². The van der Waals surface area contributed by atoms with Crippen molar-refractivity contribution >= 4 is 11.5 Å². The summed E-state index contributed by atoms with van der Waals surface area (Å²) in [5, 5.41) is 0. The van der Waals surface area contributed by atoms with Crippen molar-refractivity contribution in [2.75, 3.05) is 11.4 Å². The number of hydrogen-bond donors (Lipinski definition) is 0. The molecule has 0 amide bonds. The maximum atomic E-state index is 11.4. The number of rotatable bonds is 3. The van der Waals surface area contributed by atoms with Crippen molar-refractivity contribution in [3.63, 3.8) is 0 Å². The summed E-state index contributed by atoms with van der Waals surface area (Å²) < 4.78 is 0. The van der Waals surface area contributed by atoms with Crippen molar-refractivity contribution in [3.8, 4) is 0 Å². The number of benzene rings is 2. The molecule has 0 aromatic heterocycles. The lowest BCUT2D eigenvalue weighted by atomic mass is 10.1. The normalized spacial score (nSPS) is 13.4. The van der Waals surface area contributed by atoms with Crippen LogP contribution in [-0.4, -0.2) is 12.3 Å². The molecule has 2 nitrogen and oxygen atoms in total. The van der Waals surface area contributed by atoms with Crippen LogP contribution in [0.5, 0.6) is 0 Å². The summed E-state index contributed by atoms with van der Waals surface area (Å²) in [5.74, 6) is 0.143. The van der Waals surface area contributed by atoms with Crippen molar-refractivity contribution in [2.45, 2.75) is 26.8 Å². The lowest BCUT2D eigenvalue weighted by Gasteiger charge is -2.19. The zero-order valence-electron chi connectivity index (χ0n) is 12.0. The summed E-state index contributed by atoms with van der Waals surface area (Å²) in [6, 6.07) is 14.8. The zero-order valence-corrected chi connectivity index (χ0v) is 12.0. The van der Waals surface area contributed by atoms with Crippen LogP contribution < -0.4 is 4.90 Å². The fourth-order valence-corrected chi connectivity index (χ4v) is 2.77. The van der Waals surface area contributed by atoms with Gasteiger partial charge in [0, 0.05) is 24.3 Å². The Kier molecular flexibility index (Phi) is 3.31. The van der Waals surface area contributed by atoms with Gasteiger partial charge in [-0.2, -0.15) is 0 Å². The first kappa shape index (κ1) is 12.9. The first-order valence-electron chi connectivity index (χ1n) is 7.08. The predicted octanol–water partition coefficient (Wildman–Crippen LogP) is 3.76. The van der Waals surface area contributed by atoms with Crippen LogP contribution in [0.25, 0.3) is 0 Å². The summed E-state index contributed by atoms with van der Waals surface area (Å²) in [5.41, 5.74) is 6.02. The van der Waals surface area contributed by atoms with Crippen molar-refractivity contribution in [1.29, 1.82) is 0 Å². The van der Waals surface area contributed by atoms with Gasteiger partial charge in [-0.1, -0.05) is 29.8 Å². The number of nitrogens with zero attached hydrogens (tertiary/aromatic N) is 1. The molecule has 102 valence electrons. The zero-order chi connectivity index (χ0) is 14.1. The van der Waals surface area contributed by atoms with Gasteiger partial charge in [0.05, 0.1) is 0 Å². The van der Waals surface area contributed by atoms with E-state index in [0.29, 0.717) is 0 Å². The van der Waals surface area contributed by atoms with E-state index in [-0.39, 0.29) is 5.78 Å². The summed E-state index contributed by atoms with van der Waals surface area (Å²) in [6.45, 7) is 5.70. The van der Waals surface area contributed by atoms with Gasteiger partial charge in [-0.15, -0.1) is 0 Å². The molecule has 0 bridgehead atoms. The van der Waals surface area contributed by atoms with Gasteiger partial charge < -0.3 is 4.90 Å². The highest BCUT2D eigenvalue weighted by Crippen LogP contribution is 2.30. The average Bonchev–Trinajstić information content (AvgIpc) is 2.84. The minimum absolute atomic E-state index is 0.143. The van der Waals surface area contributed by atoms with Gasteiger partial charge in [0.25, 0.3) is 0 Å². The number of aryl methyl sites for hydroxylation is 1. The van der Waals surface area contributed by atoms with E-state index in [4.69, 9.17) is 0 Å². The number of ketones is 1. The van der Waals surface area contributed by atoms with Gasteiger partial charge in [0.1, 0.15) is 0 Å². The number of carbonyl (C=O) groups is 1. The molecule has 20 heavy (non-hydrogen) atoms. The van der Waals surface area contributed by atoms with Crippen molar-refractivity contribution in [3.05, 3.63) is 64.7 Å². The second-order valence-electron chi connectivity index (χ2n) is 5.56. The van der Waals surface area contributed by atoms with Crippen LogP contribution >= 0.6 is 0 Å². The van der Waals surface area contributed by atoms with Crippen LogP contribution in [0.15, 0.2) is 42.5 Å². The molecule has 1 aliphatic heterocycles. The van der Waals surface area contributed by atoms with Crippen LogP contribution in [0.1, 0.15) is 34.0 Å². The molecule has 0 saturated carbocycles. The van der Waals surface area contributed by atoms with Gasteiger partial charge in [-0.05, 0) is 49.6 Å². The molecule has 0 saturated heterocycles. The molecule has 0 fully saturated rings. The maximum absolute atomic E-state index is 11.4. The van der Waals surface area contributed by atoms with Crippen molar-refractivity contribution in [1.82, 2.24) is 0 Å². The number of hydrogen-bond acceptors (Lipinski definition) is 2. The second-order valence-corrected chi connectivity index (χ2v) is 5.56. The molecule has 1 heterocycles. The van der Waals surface area contributed by atoms with E-state index in [9.17, 15) is 4.79 Å². The third-order valence-electron chi connectivity index (χ3n) is 3.97. The molecule has 2 aromatic rings. The number of fused-ring (bicyclic) bond motifs is 1. The van der Waals surface area contributed by atoms with Crippen molar-refractivity contribution < 1.29 is 4.79 Å². The Morgan fingerprint density at radius 3 is 2.60 bits per heavy atom. The maximum Gasteiger partial charge on any atom is 0.159 e. The van der Waals surface area contributed by atoms with Crippen molar-refractivity contribution in [2.24, 2.45) is 0 Å². The molecule has 0 aliphatic carbocycles. The van der Waals surface area contributed by atoms with Crippen LogP contribution in [-0.2, 0) is 13.0 Å². The highest BCUT2D eigenvalue weighted by atomic mass is 16.1. The predicted molar refractivity (Wildman–Crippen MR) is 82.4 cm³/mol. The van der Waals surface area contributed by atoms with E-state index in [1.54, 1.807) is 6.92 Å². The molecular weight excluding hydrogens is 246 g/mol. The Bertz CT molecular complexity index is 643. The van der Waals surface area contributed by atoms with E-state index >= 15 is 0 Å². The molecule has 3 rings (SSSR count). The Labute approximate surface area is 120 Å². The third kappa shape index (κ3) is 2.46. The quantitative estimate of drug-likeness (QED) is 0.788. The first-order chi connectivity index (χ1) is 9.63. The minimum atomic E-state index is 0.143. The summed E-state index contributed by atoms with van der Waals surface area (Å²) >= 11 is 0. The highest BCUT2D eigenvalue weighted by molar-refractivity contribution is 5.94. The molecule has 1 aliphatic rings. The number of anilines is 1. The molecular formula is C18H19NO. The fraction of sp³-hybridized carbons (Fsp3) is 0.278. The standard InChI is InChI=1S/C18H19NO/c1-13-3-5-15(6-4-13)12-19-10-9-17-11-16(14(2)20)7-8-18(17)19/h3-8,11H,9-10,12H2,1-2H3. The van der Waals surface area contributed by atoms with Gasteiger partial charge in [-0.25, -0.2) is 0 Å². The minimum Gasteiger partial charge on any atom is -0.367 e. The fourth-order valence-electron chi connectivity index (χ4n) is 2.77. The molecule has 2 aromatic carbocycles. The van der Waals surface area contributed by atoms with E-state index in [0.717, 1.165) is 25.1 Å². The lowest BCUT2D eigenvalue weighted by molar-refractivity contribution is 0.101. The Morgan fingerprint density at radius 2 is 1.90 bits per heavy atom. The van der Waals surface area contributed by atoms with E-state index in [2.05, 4.69) is 42.2 Å². The lowest BCUT2D eigenvalue weighted by Crippen LogP contribution is -2.19. The Morgan fingerprint density at radius 1 is 1.15 bits per heavy atom. The van der Waals surface area contributed by atoms with Crippen LogP contribution in [0.3, 0.4) is 0 Å². The summed E-state index contributed by atoms with van der Waals surface area (Å²) in [7, 11) is 0. The van der Waals surface area contributed by atoms with Crippen LogP contribution in [0.4, 0.5) is 5.69 Å². The molecule has 0 radical (unpaired) electrons. The summed E-state index contributed by atoms with van der Waals surface area (Å²) in [6.07, 6.45) is 1.03. The van der Waals surface area contributed by atoms with E-state index in [1.807, 2.05) is 12.1 Å². The highest BCUT2D eigenvalue weighted by Gasteiger charge is 2.19. The second kappa shape index (κ2) is 5.12. The Hall–Kier alpha value is -2.09. The first-order valence-corrected chi connectivity index (χ1v) is 7.08. The molecule has 0 atom stereocenters. The smallest absolute Gasteiger partial charge is 0.159 e. The SMILES string of the molecule is CC(=O)c1ccc2c(c1)CCN2Cc1ccc(C)cc1. The summed E-state index contributed by atoms with van der Waals surface area (Å²) in [4.78, 5) is 13.8. The van der Waals surface area contributed by atoms with Gasteiger partial charge >= 0.3 is 0 Å². The third-order valence-corrected chi connectivity index (χ3v) is 3.97. The molecule has 0 unspecified atom stereocenters. The van der Waals surface area contributed by atoms with Crippen LogP contribution in [0.2, 0.25) is 0 Å². The molecule has 0 spiro atoms. The Balaban J connectivity index is 1.82. The number of Topliss-reactive ketones (excluding diaryl/α,β-unsaturated/α-hetero) is 1. The monoisotopic (exact) mass is 265 g/mol. The van der Waals surface area contributed by atoms with E-state index in [1.165, 1.54) is 22.4 Å². The molecule has 2 heteroatoms. The van der Waals surface area contributed by atoms with Gasteiger partial charge in [0.15, 0.2) is 5.78 Å². The topological polar surface area (TPSA) is 20.3 Å². The number of carbonyl (C=O) groups excluding carboxylic acids is 1. The largest absolute Gasteiger partial charge is 0.367 e. The molecule has 0 N–H and O–H groups in total. The average molecular weight is 265 g/mol.